The number of rotatable bonds is 1. The maximum absolute atomic E-state index is 13.9. The van der Waals surface area contributed by atoms with E-state index in [1.54, 1.807) is 18.2 Å². The van der Waals surface area contributed by atoms with Crippen molar-refractivity contribution in [2.24, 2.45) is 0 Å². The summed E-state index contributed by atoms with van der Waals surface area (Å²) in [6, 6.07) is 6.01. The molecule has 1 heterocycles. The molecule has 1 aliphatic carbocycles. The Morgan fingerprint density at radius 2 is 2.05 bits per heavy atom. The van der Waals surface area contributed by atoms with Crippen LogP contribution in [0.1, 0.15) is 30.9 Å². The summed E-state index contributed by atoms with van der Waals surface area (Å²) in [7, 11) is 0. The van der Waals surface area contributed by atoms with E-state index >= 15 is 0 Å². The molecule has 0 amide bonds. The van der Waals surface area contributed by atoms with Gasteiger partial charge < -0.3 is 10.6 Å². The quantitative estimate of drug-likeness (QED) is 0.773. The van der Waals surface area contributed by atoms with Crippen molar-refractivity contribution in [3.63, 3.8) is 0 Å². The van der Waals surface area contributed by atoms with Gasteiger partial charge >= 0.3 is 0 Å². The number of allylic oxidation sites excluding steroid dienone is 1. The second-order valence-corrected chi connectivity index (χ2v) is 5.13. The van der Waals surface area contributed by atoms with Crippen LogP contribution in [0.5, 0.6) is 0 Å². The van der Waals surface area contributed by atoms with Gasteiger partial charge in [0, 0.05) is 23.3 Å². The lowest BCUT2D eigenvalue weighted by Gasteiger charge is -2.33. The third-order valence-electron chi connectivity index (χ3n) is 3.50. The Balaban J connectivity index is 2.11. The molecule has 0 radical (unpaired) electrons. The largest absolute Gasteiger partial charge is 0.351 e. The molecule has 2 aliphatic rings. The number of ketones is 1. The number of carbonyl (C=O) groups is 1. The van der Waals surface area contributed by atoms with Crippen LogP contribution in [-0.2, 0) is 4.79 Å². The lowest BCUT2D eigenvalue weighted by atomic mass is 9.85. The van der Waals surface area contributed by atoms with E-state index in [0.29, 0.717) is 22.7 Å². The van der Waals surface area contributed by atoms with Gasteiger partial charge in [-0.05, 0) is 31.1 Å². The molecule has 0 spiro atoms. The highest BCUT2D eigenvalue weighted by Crippen LogP contribution is 2.34. The molecule has 98 valence electrons. The Hall–Kier alpha value is -1.75. The third-order valence-corrected chi connectivity index (χ3v) is 3.72. The predicted octanol–water partition coefficient (Wildman–Crippen LogP) is 2.35. The topological polar surface area (TPSA) is 41.1 Å². The van der Waals surface area contributed by atoms with E-state index in [-0.39, 0.29) is 11.6 Å². The molecule has 5 heteroatoms. The predicted molar refractivity (Wildman–Crippen MR) is 73.9 cm³/mol. The number of carbonyl (C=O) groups excluding carboxylic acids is 1. The van der Waals surface area contributed by atoms with E-state index in [2.05, 4.69) is 10.6 Å². The fourth-order valence-electron chi connectivity index (χ4n) is 2.65. The molecule has 19 heavy (non-hydrogen) atoms. The van der Waals surface area contributed by atoms with Gasteiger partial charge in [-0.15, -0.1) is 0 Å². The van der Waals surface area contributed by atoms with Crippen LogP contribution in [-0.4, -0.2) is 10.9 Å². The van der Waals surface area contributed by atoms with Crippen LogP contribution in [0.25, 0.3) is 0 Å². The first-order valence-electron chi connectivity index (χ1n) is 6.25. The molecule has 0 saturated carbocycles. The molecular formula is C14H13FN2OS. The van der Waals surface area contributed by atoms with Crippen LogP contribution in [0.2, 0.25) is 0 Å². The van der Waals surface area contributed by atoms with Crippen molar-refractivity contribution in [3.05, 3.63) is 46.9 Å². The zero-order chi connectivity index (χ0) is 13.4. The molecular weight excluding hydrogens is 263 g/mol. The van der Waals surface area contributed by atoms with E-state index < -0.39 is 6.04 Å². The minimum Gasteiger partial charge on any atom is -0.351 e. The number of nitrogens with one attached hydrogen (secondary N) is 2. The van der Waals surface area contributed by atoms with Crippen LogP contribution < -0.4 is 10.6 Å². The zero-order valence-electron chi connectivity index (χ0n) is 10.2. The SMILES string of the molecule is O=C1CCCC2=C1C(c1ccccc1F)NC(=S)N2. The molecule has 0 saturated heterocycles. The van der Waals surface area contributed by atoms with Gasteiger partial charge in [-0.1, -0.05) is 18.2 Å². The number of Topliss-reactive ketones (excluding diaryl/α,β-unsaturated/α-hetero) is 1. The highest BCUT2D eigenvalue weighted by Gasteiger charge is 2.34. The van der Waals surface area contributed by atoms with Crippen LogP contribution >= 0.6 is 12.2 Å². The first-order valence-corrected chi connectivity index (χ1v) is 6.66. The molecule has 0 fully saturated rings. The molecule has 3 rings (SSSR count). The molecule has 2 N–H and O–H groups in total. The van der Waals surface area contributed by atoms with Crippen LogP contribution in [0, 0.1) is 5.82 Å². The van der Waals surface area contributed by atoms with Crippen molar-refractivity contribution in [1.82, 2.24) is 10.6 Å². The third kappa shape index (κ3) is 2.14. The van der Waals surface area contributed by atoms with Gasteiger partial charge in [-0.25, -0.2) is 4.39 Å². The van der Waals surface area contributed by atoms with E-state index in [4.69, 9.17) is 12.2 Å². The molecule has 1 aromatic rings. The number of hydrogen-bond donors (Lipinski definition) is 2. The van der Waals surface area contributed by atoms with E-state index in [1.165, 1.54) is 6.07 Å². The lowest BCUT2D eigenvalue weighted by Crippen LogP contribution is -2.46. The monoisotopic (exact) mass is 276 g/mol. The van der Waals surface area contributed by atoms with Crippen LogP contribution in [0.15, 0.2) is 35.5 Å². The Morgan fingerprint density at radius 3 is 2.84 bits per heavy atom. The molecule has 1 atom stereocenters. The summed E-state index contributed by atoms with van der Waals surface area (Å²) in [6.45, 7) is 0. The van der Waals surface area contributed by atoms with Crippen molar-refractivity contribution in [2.45, 2.75) is 25.3 Å². The molecule has 1 aliphatic heterocycles. The zero-order valence-corrected chi connectivity index (χ0v) is 11.0. The van der Waals surface area contributed by atoms with E-state index in [9.17, 15) is 9.18 Å². The maximum atomic E-state index is 13.9. The highest BCUT2D eigenvalue weighted by atomic mass is 32.1. The molecule has 3 nitrogen and oxygen atoms in total. The Labute approximate surface area is 115 Å². The van der Waals surface area contributed by atoms with Gasteiger partial charge in [0.2, 0.25) is 0 Å². The van der Waals surface area contributed by atoms with Crippen molar-refractivity contribution < 1.29 is 9.18 Å². The van der Waals surface area contributed by atoms with Gasteiger partial charge in [-0.3, -0.25) is 4.79 Å². The van der Waals surface area contributed by atoms with E-state index in [1.807, 2.05) is 0 Å². The molecule has 0 aromatic heterocycles. The Kier molecular flexibility index (Phi) is 3.06. The lowest BCUT2D eigenvalue weighted by molar-refractivity contribution is -0.116. The average molecular weight is 276 g/mol. The summed E-state index contributed by atoms with van der Waals surface area (Å²) in [5.74, 6) is -0.257. The summed E-state index contributed by atoms with van der Waals surface area (Å²) in [5.41, 5.74) is 1.94. The minimum atomic E-state index is -0.474. The van der Waals surface area contributed by atoms with Gasteiger partial charge in [0.05, 0.1) is 6.04 Å². The summed E-state index contributed by atoms with van der Waals surface area (Å²) >= 11 is 5.14. The van der Waals surface area contributed by atoms with Crippen molar-refractivity contribution >= 4 is 23.1 Å². The smallest absolute Gasteiger partial charge is 0.171 e. The summed E-state index contributed by atoms with van der Waals surface area (Å²) in [6.07, 6.45) is 2.12. The number of benzene rings is 1. The van der Waals surface area contributed by atoms with Crippen molar-refractivity contribution in [3.8, 4) is 0 Å². The first kappa shape index (κ1) is 12.3. The fourth-order valence-corrected chi connectivity index (χ4v) is 2.89. The fraction of sp³-hybridized carbons (Fsp3) is 0.286. The van der Waals surface area contributed by atoms with Crippen LogP contribution in [0.4, 0.5) is 4.39 Å². The van der Waals surface area contributed by atoms with Crippen LogP contribution in [0.3, 0.4) is 0 Å². The second-order valence-electron chi connectivity index (χ2n) is 4.72. The summed E-state index contributed by atoms with van der Waals surface area (Å²) < 4.78 is 13.9. The maximum Gasteiger partial charge on any atom is 0.171 e. The van der Waals surface area contributed by atoms with Crippen molar-refractivity contribution in [2.75, 3.05) is 0 Å². The normalized spacial score (nSPS) is 22.7. The number of halogens is 1. The Bertz CT molecular complexity index is 597. The van der Waals surface area contributed by atoms with Crippen molar-refractivity contribution in [1.29, 1.82) is 0 Å². The molecule has 1 unspecified atom stereocenters. The Morgan fingerprint density at radius 1 is 1.26 bits per heavy atom. The molecule has 1 aromatic carbocycles. The minimum absolute atomic E-state index is 0.0667. The summed E-state index contributed by atoms with van der Waals surface area (Å²) in [5, 5.41) is 6.48. The highest BCUT2D eigenvalue weighted by molar-refractivity contribution is 7.80. The second kappa shape index (κ2) is 4.74. The molecule has 0 bridgehead atoms. The van der Waals surface area contributed by atoms with Gasteiger partial charge in [0.1, 0.15) is 5.82 Å². The van der Waals surface area contributed by atoms with E-state index in [0.717, 1.165) is 18.5 Å². The number of thiocarbonyl (C=S) groups is 1. The first-order chi connectivity index (χ1) is 9.16. The van der Waals surface area contributed by atoms with Gasteiger partial charge in [0.15, 0.2) is 10.9 Å². The average Bonchev–Trinajstić information content (AvgIpc) is 2.38. The van der Waals surface area contributed by atoms with Gasteiger partial charge in [0.25, 0.3) is 0 Å². The number of hydrogen-bond acceptors (Lipinski definition) is 2. The van der Waals surface area contributed by atoms with Gasteiger partial charge in [-0.2, -0.15) is 0 Å². The summed E-state index contributed by atoms with van der Waals surface area (Å²) in [4.78, 5) is 12.1. The standard InChI is InChI=1S/C14H13FN2OS/c15-9-5-2-1-4-8(9)13-12-10(16-14(19)17-13)6-3-7-11(12)18/h1-2,4-5,13H,3,6-7H2,(H2,16,17,19).